The molecule has 4 nitrogen and oxygen atoms in total. The van der Waals surface area contributed by atoms with Crippen molar-refractivity contribution in [3.8, 4) is 0 Å². The normalized spacial score (nSPS) is 11.6. The van der Waals surface area contributed by atoms with Crippen molar-refractivity contribution in [2.45, 2.75) is 53.0 Å². The second-order valence-electron chi connectivity index (χ2n) is 6.96. The summed E-state index contributed by atoms with van der Waals surface area (Å²) in [5.41, 5.74) is 3.24. The molecule has 2 rings (SSSR count). The smallest absolute Gasteiger partial charge is 0.225 e. The highest BCUT2D eigenvalue weighted by atomic mass is 15.2. The van der Waals surface area contributed by atoms with E-state index in [1.807, 2.05) is 19.1 Å². The Kier molecular flexibility index (Phi) is 4.69. The van der Waals surface area contributed by atoms with Crippen LogP contribution >= 0.6 is 0 Å². The van der Waals surface area contributed by atoms with E-state index in [1.165, 1.54) is 5.56 Å². The van der Waals surface area contributed by atoms with Gasteiger partial charge in [-0.2, -0.15) is 4.98 Å². The van der Waals surface area contributed by atoms with E-state index >= 15 is 0 Å². The monoisotopic (exact) mass is 298 g/mol. The molecule has 4 heteroatoms. The summed E-state index contributed by atoms with van der Waals surface area (Å²) in [6, 6.07) is 10.3. The first kappa shape index (κ1) is 16.3. The van der Waals surface area contributed by atoms with Crippen LogP contribution in [0.3, 0.4) is 0 Å². The number of anilines is 3. The van der Waals surface area contributed by atoms with Crippen molar-refractivity contribution in [3.63, 3.8) is 0 Å². The first-order valence-electron chi connectivity index (χ1n) is 7.74. The molecule has 0 fully saturated rings. The summed E-state index contributed by atoms with van der Waals surface area (Å²) >= 11 is 0. The van der Waals surface area contributed by atoms with Gasteiger partial charge < -0.3 is 10.6 Å². The van der Waals surface area contributed by atoms with E-state index in [1.54, 1.807) is 0 Å². The first-order valence-corrected chi connectivity index (χ1v) is 7.74. The Morgan fingerprint density at radius 3 is 2.36 bits per heavy atom. The van der Waals surface area contributed by atoms with Crippen molar-refractivity contribution in [1.29, 1.82) is 0 Å². The molecule has 1 aromatic carbocycles. The molecule has 2 aromatic rings. The molecule has 1 aromatic heterocycles. The van der Waals surface area contributed by atoms with Crippen LogP contribution in [0, 0.1) is 6.92 Å². The number of para-hydroxylation sites is 1. The molecule has 0 aliphatic heterocycles. The molecule has 0 unspecified atom stereocenters. The molecule has 0 saturated heterocycles. The van der Waals surface area contributed by atoms with Crippen LogP contribution in [-0.4, -0.2) is 15.5 Å². The zero-order valence-electron chi connectivity index (χ0n) is 14.4. The summed E-state index contributed by atoms with van der Waals surface area (Å²) in [4.78, 5) is 9.04. The summed E-state index contributed by atoms with van der Waals surface area (Å²) in [5.74, 6) is 1.92. The van der Waals surface area contributed by atoms with Crippen molar-refractivity contribution in [1.82, 2.24) is 9.97 Å². The highest BCUT2D eigenvalue weighted by molar-refractivity contribution is 5.62. The Morgan fingerprint density at radius 2 is 1.73 bits per heavy atom. The minimum absolute atomic E-state index is 0.0685. The average Bonchev–Trinajstić information content (AvgIpc) is 2.36. The van der Waals surface area contributed by atoms with Gasteiger partial charge in [-0.15, -0.1) is 0 Å². The lowest BCUT2D eigenvalue weighted by molar-refractivity contribution is 0.625. The van der Waals surface area contributed by atoms with Crippen LogP contribution in [0.2, 0.25) is 0 Å². The Balaban J connectivity index is 2.30. The molecule has 118 valence electrons. The van der Waals surface area contributed by atoms with Gasteiger partial charge in [-0.05, 0) is 45.2 Å². The Labute approximate surface area is 133 Å². The number of hydrogen-bond donors (Lipinski definition) is 2. The molecule has 0 radical (unpaired) electrons. The second kappa shape index (κ2) is 6.34. The summed E-state index contributed by atoms with van der Waals surface area (Å²) in [5, 5.41) is 6.75. The van der Waals surface area contributed by atoms with E-state index in [2.05, 4.69) is 73.4 Å². The van der Waals surface area contributed by atoms with E-state index in [9.17, 15) is 0 Å². The predicted octanol–water partition coefficient (Wildman–Crippen LogP) is 4.86. The van der Waals surface area contributed by atoms with Crippen molar-refractivity contribution in [2.75, 3.05) is 10.6 Å². The standard InChI is InChI=1S/C18H26N4/c1-12(2)14-9-7-8-10-15(14)20-16-11-13(3)19-17(21-16)22-18(4,5)6/h7-12H,1-6H3,(H2,19,20,21,22). The van der Waals surface area contributed by atoms with E-state index < -0.39 is 0 Å². The highest BCUT2D eigenvalue weighted by Crippen LogP contribution is 2.26. The Hall–Kier alpha value is -2.10. The SMILES string of the molecule is Cc1cc(Nc2ccccc2C(C)C)nc(NC(C)(C)C)n1. The zero-order chi connectivity index (χ0) is 16.3. The van der Waals surface area contributed by atoms with Gasteiger partial charge in [0.25, 0.3) is 0 Å². The molecule has 22 heavy (non-hydrogen) atoms. The van der Waals surface area contributed by atoms with Gasteiger partial charge in [-0.1, -0.05) is 32.0 Å². The predicted molar refractivity (Wildman–Crippen MR) is 94.0 cm³/mol. The van der Waals surface area contributed by atoms with Crippen molar-refractivity contribution < 1.29 is 0 Å². The molecule has 2 N–H and O–H groups in total. The van der Waals surface area contributed by atoms with Crippen LogP contribution in [0.25, 0.3) is 0 Å². The largest absolute Gasteiger partial charge is 0.350 e. The Morgan fingerprint density at radius 1 is 1.05 bits per heavy atom. The second-order valence-corrected chi connectivity index (χ2v) is 6.96. The molecule has 0 bridgehead atoms. The number of benzene rings is 1. The summed E-state index contributed by atoms with van der Waals surface area (Å²) in [6.45, 7) is 12.7. The molecule has 1 heterocycles. The van der Waals surface area contributed by atoms with Gasteiger partial charge in [0.05, 0.1) is 0 Å². The lowest BCUT2D eigenvalue weighted by atomic mass is 10.0. The molecule has 0 aliphatic rings. The number of nitrogens with zero attached hydrogens (tertiary/aromatic N) is 2. The van der Waals surface area contributed by atoms with Gasteiger partial charge in [0, 0.05) is 23.0 Å². The molecule has 0 aliphatic carbocycles. The van der Waals surface area contributed by atoms with Crippen LogP contribution in [0.1, 0.15) is 51.8 Å². The maximum atomic E-state index is 4.58. The summed E-state index contributed by atoms with van der Waals surface area (Å²) in [6.07, 6.45) is 0. The van der Waals surface area contributed by atoms with E-state index in [-0.39, 0.29) is 5.54 Å². The number of nitrogens with one attached hydrogen (secondary N) is 2. The molecular formula is C18H26N4. The fourth-order valence-corrected chi connectivity index (χ4v) is 2.28. The Bertz CT molecular complexity index is 642. The number of hydrogen-bond acceptors (Lipinski definition) is 4. The molecule has 0 saturated carbocycles. The molecule has 0 spiro atoms. The van der Waals surface area contributed by atoms with Gasteiger partial charge in [-0.25, -0.2) is 4.98 Å². The maximum absolute atomic E-state index is 4.58. The highest BCUT2D eigenvalue weighted by Gasteiger charge is 2.13. The van der Waals surface area contributed by atoms with Crippen LogP contribution in [-0.2, 0) is 0 Å². The molecular weight excluding hydrogens is 272 g/mol. The maximum Gasteiger partial charge on any atom is 0.225 e. The third-order valence-corrected chi connectivity index (χ3v) is 3.19. The number of aromatic nitrogens is 2. The van der Waals surface area contributed by atoms with Crippen LogP contribution in [0.5, 0.6) is 0 Å². The zero-order valence-corrected chi connectivity index (χ0v) is 14.4. The van der Waals surface area contributed by atoms with Crippen molar-refractivity contribution >= 4 is 17.5 Å². The van der Waals surface area contributed by atoms with Crippen molar-refractivity contribution in [2.24, 2.45) is 0 Å². The van der Waals surface area contributed by atoms with E-state index in [4.69, 9.17) is 0 Å². The van der Waals surface area contributed by atoms with Crippen molar-refractivity contribution in [3.05, 3.63) is 41.6 Å². The average molecular weight is 298 g/mol. The third-order valence-electron chi connectivity index (χ3n) is 3.19. The van der Waals surface area contributed by atoms with E-state index in [0.717, 1.165) is 17.2 Å². The van der Waals surface area contributed by atoms with Crippen LogP contribution < -0.4 is 10.6 Å². The lowest BCUT2D eigenvalue weighted by Gasteiger charge is -2.21. The van der Waals surface area contributed by atoms with Crippen LogP contribution in [0.4, 0.5) is 17.5 Å². The molecule has 0 amide bonds. The third kappa shape index (κ3) is 4.45. The fraction of sp³-hybridized carbons (Fsp3) is 0.444. The summed E-state index contributed by atoms with van der Waals surface area (Å²) in [7, 11) is 0. The fourth-order valence-electron chi connectivity index (χ4n) is 2.28. The van der Waals surface area contributed by atoms with Gasteiger partial charge in [0.1, 0.15) is 5.82 Å². The summed E-state index contributed by atoms with van der Waals surface area (Å²) < 4.78 is 0. The van der Waals surface area contributed by atoms with E-state index in [0.29, 0.717) is 11.9 Å². The minimum Gasteiger partial charge on any atom is -0.350 e. The quantitative estimate of drug-likeness (QED) is 0.846. The minimum atomic E-state index is -0.0685. The van der Waals surface area contributed by atoms with Gasteiger partial charge >= 0.3 is 0 Å². The van der Waals surface area contributed by atoms with Crippen LogP contribution in [0.15, 0.2) is 30.3 Å². The first-order chi connectivity index (χ1) is 10.2. The number of rotatable bonds is 4. The number of aryl methyl sites for hydroxylation is 1. The van der Waals surface area contributed by atoms with Gasteiger partial charge in [0.2, 0.25) is 5.95 Å². The lowest BCUT2D eigenvalue weighted by Crippen LogP contribution is -2.27. The van der Waals surface area contributed by atoms with Gasteiger partial charge in [-0.3, -0.25) is 0 Å². The van der Waals surface area contributed by atoms with Gasteiger partial charge in [0.15, 0.2) is 0 Å². The topological polar surface area (TPSA) is 49.8 Å². The molecule has 0 atom stereocenters.